The Morgan fingerprint density at radius 2 is 2.20 bits per heavy atom. The normalized spacial score (nSPS) is 18.2. The lowest BCUT2D eigenvalue weighted by Gasteiger charge is -2.29. The average Bonchev–Trinajstić information content (AvgIpc) is 2.92. The zero-order valence-corrected chi connectivity index (χ0v) is 12.5. The molecule has 0 atom stereocenters. The highest BCUT2D eigenvalue weighted by Crippen LogP contribution is 2.19. The van der Waals surface area contributed by atoms with Crippen molar-refractivity contribution in [1.82, 2.24) is 14.0 Å². The smallest absolute Gasteiger partial charge is 0.306 e. The number of thiazole rings is 1. The number of carboxylic acid groups (broad SMARTS) is 1. The summed E-state index contributed by atoms with van der Waals surface area (Å²) < 4.78 is 27.9. The van der Waals surface area contributed by atoms with Crippen LogP contribution in [0.4, 0.5) is 0 Å². The molecule has 1 aliphatic rings. The molecule has 9 heteroatoms. The van der Waals surface area contributed by atoms with E-state index in [0.717, 1.165) is 5.01 Å². The van der Waals surface area contributed by atoms with E-state index in [4.69, 9.17) is 5.11 Å². The first-order chi connectivity index (χ1) is 9.49. The number of piperidine rings is 1. The summed E-state index contributed by atoms with van der Waals surface area (Å²) in [6.07, 6.45) is 2.97. The molecule has 0 spiro atoms. The van der Waals surface area contributed by atoms with E-state index in [9.17, 15) is 13.2 Å². The fourth-order valence-corrected chi connectivity index (χ4v) is 3.95. The Kier molecular flexibility index (Phi) is 5.08. The molecule has 20 heavy (non-hydrogen) atoms. The van der Waals surface area contributed by atoms with Crippen molar-refractivity contribution in [3.63, 3.8) is 0 Å². The fraction of sp³-hybridized carbons (Fsp3) is 0.636. The second kappa shape index (κ2) is 6.61. The van der Waals surface area contributed by atoms with Gasteiger partial charge >= 0.3 is 5.97 Å². The van der Waals surface area contributed by atoms with E-state index in [-0.39, 0.29) is 13.1 Å². The van der Waals surface area contributed by atoms with Crippen LogP contribution in [0.15, 0.2) is 11.6 Å². The van der Waals surface area contributed by atoms with Gasteiger partial charge in [-0.2, -0.15) is 12.7 Å². The van der Waals surface area contributed by atoms with Gasteiger partial charge in [-0.3, -0.25) is 4.79 Å². The third kappa shape index (κ3) is 3.98. The van der Waals surface area contributed by atoms with Crippen LogP contribution in [-0.2, 0) is 21.4 Å². The van der Waals surface area contributed by atoms with Gasteiger partial charge in [0.15, 0.2) is 0 Å². The van der Waals surface area contributed by atoms with Crippen LogP contribution >= 0.6 is 11.3 Å². The third-order valence-corrected chi connectivity index (χ3v) is 5.70. The fourth-order valence-electron chi connectivity index (χ4n) is 2.10. The van der Waals surface area contributed by atoms with Crippen LogP contribution in [0.25, 0.3) is 0 Å². The summed E-state index contributed by atoms with van der Waals surface area (Å²) in [4.78, 5) is 14.9. The van der Waals surface area contributed by atoms with Crippen molar-refractivity contribution in [2.75, 3.05) is 19.6 Å². The number of hydrogen-bond acceptors (Lipinski definition) is 5. The van der Waals surface area contributed by atoms with Crippen molar-refractivity contribution in [2.45, 2.75) is 19.3 Å². The first-order valence-electron chi connectivity index (χ1n) is 6.35. The maximum Gasteiger partial charge on any atom is 0.306 e. The summed E-state index contributed by atoms with van der Waals surface area (Å²) in [7, 11) is -3.52. The van der Waals surface area contributed by atoms with Crippen LogP contribution < -0.4 is 4.72 Å². The summed E-state index contributed by atoms with van der Waals surface area (Å²) in [5, 5.41) is 11.6. The monoisotopic (exact) mass is 319 g/mol. The summed E-state index contributed by atoms with van der Waals surface area (Å²) in [6, 6.07) is 0. The molecule has 2 rings (SSSR count). The van der Waals surface area contributed by atoms with Crippen LogP contribution in [0.5, 0.6) is 0 Å². The van der Waals surface area contributed by atoms with E-state index in [1.165, 1.54) is 15.6 Å². The maximum atomic E-state index is 12.0. The first-order valence-corrected chi connectivity index (χ1v) is 8.67. The third-order valence-electron chi connectivity index (χ3n) is 3.25. The second-order valence-corrected chi connectivity index (χ2v) is 7.32. The summed E-state index contributed by atoms with van der Waals surface area (Å²) in [5.41, 5.74) is 0. The predicted octanol–water partition coefficient (Wildman–Crippen LogP) is 0.317. The van der Waals surface area contributed by atoms with Crippen molar-refractivity contribution in [3.05, 3.63) is 16.6 Å². The van der Waals surface area contributed by atoms with Gasteiger partial charge in [0.25, 0.3) is 10.2 Å². The molecule has 1 aromatic heterocycles. The van der Waals surface area contributed by atoms with Gasteiger partial charge in [0, 0.05) is 37.6 Å². The average molecular weight is 319 g/mol. The molecule has 2 N–H and O–H groups in total. The largest absolute Gasteiger partial charge is 0.481 e. The minimum absolute atomic E-state index is 0.254. The molecule has 1 fully saturated rings. The Hall–Kier alpha value is -1.03. The Morgan fingerprint density at radius 1 is 1.50 bits per heavy atom. The van der Waals surface area contributed by atoms with Crippen LogP contribution in [0, 0.1) is 5.92 Å². The van der Waals surface area contributed by atoms with Crippen molar-refractivity contribution in [3.8, 4) is 0 Å². The quantitative estimate of drug-likeness (QED) is 0.786. The molecule has 112 valence electrons. The van der Waals surface area contributed by atoms with E-state index in [0.29, 0.717) is 25.8 Å². The highest BCUT2D eigenvalue weighted by atomic mass is 32.2. The van der Waals surface area contributed by atoms with Gasteiger partial charge in [0.2, 0.25) is 0 Å². The minimum Gasteiger partial charge on any atom is -0.481 e. The van der Waals surface area contributed by atoms with Gasteiger partial charge in [-0.25, -0.2) is 9.71 Å². The number of aliphatic carboxylic acids is 1. The summed E-state index contributed by atoms with van der Waals surface area (Å²) in [6.45, 7) is 0.807. The van der Waals surface area contributed by atoms with Crippen molar-refractivity contribution in [1.29, 1.82) is 0 Å². The summed E-state index contributed by atoms with van der Waals surface area (Å²) in [5.74, 6) is -1.28. The van der Waals surface area contributed by atoms with Gasteiger partial charge in [-0.15, -0.1) is 11.3 Å². The highest BCUT2D eigenvalue weighted by Gasteiger charge is 2.30. The molecule has 0 bridgehead atoms. The summed E-state index contributed by atoms with van der Waals surface area (Å²) >= 11 is 1.49. The van der Waals surface area contributed by atoms with E-state index in [1.807, 2.05) is 5.38 Å². The predicted molar refractivity (Wildman–Crippen MR) is 74.7 cm³/mol. The highest BCUT2D eigenvalue weighted by molar-refractivity contribution is 7.87. The molecule has 0 saturated carbocycles. The number of rotatable bonds is 6. The molecule has 1 saturated heterocycles. The Labute approximate surface area is 121 Å². The van der Waals surface area contributed by atoms with Crippen LogP contribution in [-0.4, -0.2) is 48.4 Å². The lowest BCUT2D eigenvalue weighted by atomic mass is 9.99. The number of carboxylic acids is 1. The number of nitrogens with one attached hydrogen (secondary N) is 1. The molecule has 0 aromatic carbocycles. The Morgan fingerprint density at radius 3 is 2.75 bits per heavy atom. The van der Waals surface area contributed by atoms with Crippen LogP contribution in [0.2, 0.25) is 0 Å². The van der Waals surface area contributed by atoms with Gasteiger partial charge < -0.3 is 5.11 Å². The lowest BCUT2D eigenvalue weighted by Crippen LogP contribution is -2.46. The molecule has 0 amide bonds. The molecule has 1 aliphatic heterocycles. The minimum atomic E-state index is -3.52. The molecule has 7 nitrogen and oxygen atoms in total. The first kappa shape index (κ1) is 15.4. The second-order valence-electron chi connectivity index (χ2n) is 4.59. The maximum absolute atomic E-state index is 12.0. The van der Waals surface area contributed by atoms with Gasteiger partial charge in [-0.1, -0.05) is 0 Å². The molecule has 2 heterocycles. The van der Waals surface area contributed by atoms with E-state index in [2.05, 4.69) is 9.71 Å². The van der Waals surface area contributed by atoms with Crippen molar-refractivity contribution < 1.29 is 18.3 Å². The topological polar surface area (TPSA) is 99.6 Å². The molecule has 0 aliphatic carbocycles. The zero-order chi connectivity index (χ0) is 14.6. The number of carbonyl (C=O) groups is 1. The van der Waals surface area contributed by atoms with Gasteiger partial charge in [-0.05, 0) is 12.8 Å². The molecule has 1 aromatic rings. The van der Waals surface area contributed by atoms with E-state index >= 15 is 0 Å². The zero-order valence-electron chi connectivity index (χ0n) is 10.9. The Bertz CT molecular complexity index is 536. The van der Waals surface area contributed by atoms with Gasteiger partial charge in [0.1, 0.15) is 0 Å². The molecule has 0 unspecified atom stereocenters. The SMILES string of the molecule is O=C(O)C1CCN(S(=O)(=O)NCCc2nccs2)CC1. The molecular formula is C11H17N3O4S2. The van der Waals surface area contributed by atoms with E-state index < -0.39 is 22.1 Å². The Balaban J connectivity index is 1.80. The standard InChI is InChI=1S/C11H17N3O4S2/c15-11(16)9-2-6-14(7-3-9)20(17,18)13-4-1-10-12-5-8-19-10/h5,8-9,13H,1-4,6-7H2,(H,15,16). The van der Waals surface area contributed by atoms with Crippen molar-refractivity contribution in [2.24, 2.45) is 5.92 Å². The molecule has 0 radical (unpaired) electrons. The van der Waals surface area contributed by atoms with Crippen LogP contribution in [0.1, 0.15) is 17.8 Å². The van der Waals surface area contributed by atoms with E-state index in [1.54, 1.807) is 6.20 Å². The number of hydrogen-bond donors (Lipinski definition) is 2. The number of aromatic nitrogens is 1. The lowest BCUT2D eigenvalue weighted by molar-refractivity contribution is -0.142. The number of nitrogens with zero attached hydrogens (tertiary/aromatic N) is 2. The van der Waals surface area contributed by atoms with Crippen LogP contribution in [0.3, 0.4) is 0 Å². The van der Waals surface area contributed by atoms with Crippen molar-refractivity contribution >= 4 is 27.5 Å². The van der Waals surface area contributed by atoms with Gasteiger partial charge in [0.05, 0.1) is 10.9 Å². The molecular weight excluding hydrogens is 302 g/mol.